The maximum atomic E-state index is 5.83. The first-order valence-electron chi connectivity index (χ1n) is 7.32. The zero-order valence-electron chi connectivity index (χ0n) is 11.9. The second-order valence-electron chi connectivity index (χ2n) is 5.08. The van der Waals surface area contributed by atoms with E-state index in [1.807, 2.05) is 12.1 Å². The maximum Gasteiger partial charge on any atom is 0.163 e. The van der Waals surface area contributed by atoms with Crippen molar-refractivity contribution in [1.82, 2.24) is 9.55 Å². The molecule has 0 spiro atoms. The smallest absolute Gasteiger partial charge is 0.163 e. The third-order valence-electron chi connectivity index (χ3n) is 3.66. The Morgan fingerprint density at radius 2 is 1.95 bits per heavy atom. The van der Waals surface area contributed by atoms with Gasteiger partial charge in [-0.1, -0.05) is 19.8 Å². The van der Waals surface area contributed by atoms with Gasteiger partial charge in [0.15, 0.2) is 11.5 Å². The molecule has 1 aliphatic heterocycles. The highest BCUT2D eigenvalue weighted by molar-refractivity contribution is 5.80. The number of fused-ring (bicyclic) bond motifs is 2. The number of imidazole rings is 1. The summed E-state index contributed by atoms with van der Waals surface area (Å²) in [4.78, 5) is 4.62. The summed E-state index contributed by atoms with van der Waals surface area (Å²) < 4.78 is 13.5. The van der Waals surface area contributed by atoms with E-state index < -0.39 is 0 Å². The molecule has 2 N–H and O–H groups in total. The molecule has 1 aromatic carbocycles. The first-order valence-corrected chi connectivity index (χ1v) is 7.32. The highest BCUT2D eigenvalue weighted by Gasteiger charge is 2.17. The minimum Gasteiger partial charge on any atom is -0.486 e. The van der Waals surface area contributed by atoms with E-state index in [4.69, 9.17) is 15.2 Å². The molecule has 1 aromatic heterocycles. The van der Waals surface area contributed by atoms with Crippen LogP contribution in [0.1, 0.15) is 32.0 Å². The standard InChI is InChI=1S/C15H21N3O2/c1-2-3-4-5-18-12-9-14-13(19-6-7-20-14)8-11(12)17-15(18)10-16/h8-9H,2-7,10,16H2,1H3. The molecule has 5 heteroatoms. The Kier molecular flexibility index (Phi) is 3.78. The van der Waals surface area contributed by atoms with Crippen LogP contribution >= 0.6 is 0 Å². The molecule has 2 aromatic rings. The number of hydrogen-bond donors (Lipinski definition) is 1. The van der Waals surface area contributed by atoms with Gasteiger partial charge in [-0.25, -0.2) is 4.98 Å². The van der Waals surface area contributed by atoms with Gasteiger partial charge in [0.1, 0.15) is 19.0 Å². The first kappa shape index (κ1) is 13.2. The van der Waals surface area contributed by atoms with Gasteiger partial charge in [0.25, 0.3) is 0 Å². The molecule has 108 valence electrons. The number of nitrogens with zero attached hydrogens (tertiary/aromatic N) is 2. The average Bonchev–Trinajstić information content (AvgIpc) is 2.82. The molecule has 0 radical (unpaired) electrons. The third kappa shape index (κ3) is 2.33. The van der Waals surface area contributed by atoms with Gasteiger partial charge in [-0.3, -0.25) is 0 Å². The molecule has 0 saturated carbocycles. The van der Waals surface area contributed by atoms with Gasteiger partial charge >= 0.3 is 0 Å². The number of aryl methyl sites for hydroxylation is 1. The van der Waals surface area contributed by atoms with Crippen LogP contribution in [0.2, 0.25) is 0 Å². The van der Waals surface area contributed by atoms with Crippen molar-refractivity contribution >= 4 is 11.0 Å². The van der Waals surface area contributed by atoms with E-state index in [1.165, 1.54) is 12.8 Å². The minimum atomic E-state index is 0.452. The van der Waals surface area contributed by atoms with Gasteiger partial charge in [0.05, 0.1) is 17.6 Å². The van der Waals surface area contributed by atoms with Crippen molar-refractivity contribution in [2.45, 2.75) is 39.3 Å². The quantitative estimate of drug-likeness (QED) is 0.851. The van der Waals surface area contributed by atoms with Crippen LogP contribution in [-0.2, 0) is 13.1 Å². The van der Waals surface area contributed by atoms with E-state index in [9.17, 15) is 0 Å². The van der Waals surface area contributed by atoms with Gasteiger partial charge in [-0.05, 0) is 6.42 Å². The fourth-order valence-corrected chi connectivity index (χ4v) is 2.64. The Bertz CT molecular complexity index is 607. The number of benzene rings is 1. The molecule has 0 aliphatic carbocycles. The summed E-state index contributed by atoms with van der Waals surface area (Å²) in [6.45, 7) is 4.81. The van der Waals surface area contributed by atoms with Gasteiger partial charge in [0, 0.05) is 18.7 Å². The number of nitrogens with two attached hydrogens (primary N) is 1. The monoisotopic (exact) mass is 275 g/mol. The molecule has 0 atom stereocenters. The molecule has 3 rings (SSSR count). The number of unbranched alkanes of at least 4 members (excludes halogenated alkanes) is 2. The molecule has 0 bridgehead atoms. The largest absolute Gasteiger partial charge is 0.486 e. The van der Waals surface area contributed by atoms with Gasteiger partial charge in [-0.2, -0.15) is 0 Å². The van der Waals surface area contributed by atoms with E-state index in [1.54, 1.807) is 0 Å². The third-order valence-corrected chi connectivity index (χ3v) is 3.66. The van der Waals surface area contributed by atoms with Crippen LogP contribution in [0.25, 0.3) is 11.0 Å². The molecular formula is C15H21N3O2. The minimum absolute atomic E-state index is 0.452. The SMILES string of the molecule is CCCCCn1c(CN)nc2cc3c(cc21)OCCO3. The van der Waals surface area contributed by atoms with Gasteiger partial charge in [0.2, 0.25) is 0 Å². The van der Waals surface area contributed by atoms with E-state index in [-0.39, 0.29) is 0 Å². The zero-order chi connectivity index (χ0) is 13.9. The van der Waals surface area contributed by atoms with Crippen LogP contribution in [-0.4, -0.2) is 22.8 Å². The molecule has 1 aliphatic rings. The molecule has 0 saturated heterocycles. The molecule has 2 heterocycles. The zero-order valence-corrected chi connectivity index (χ0v) is 11.9. The van der Waals surface area contributed by atoms with E-state index in [2.05, 4.69) is 16.5 Å². The van der Waals surface area contributed by atoms with Crippen LogP contribution < -0.4 is 15.2 Å². The maximum absolute atomic E-state index is 5.83. The Hall–Kier alpha value is -1.75. The van der Waals surface area contributed by atoms with Crippen molar-refractivity contribution in [3.8, 4) is 11.5 Å². The summed E-state index contributed by atoms with van der Waals surface area (Å²) in [6, 6.07) is 3.99. The van der Waals surface area contributed by atoms with Crippen molar-refractivity contribution in [2.24, 2.45) is 5.73 Å². The second-order valence-corrected chi connectivity index (χ2v) is 5.08. The van der Waals surface area contributed by atoms with Crippen molar-refractivity contribution in [3.05, 3.63) is 18.0 Å². The fraction of sp³-hybridized carbons (Fsp3) is 0.533. The van der Waals surface area contributed by atoms with Crippen LogP contribution in [0.15, 0.2) is 12.1 Å². The summed E-state index contributed by atoms with van der Waals surface area (Å²) in [5.74, 6) is 2.52. The van der Waals surface area contributed by atoms with Crippen molar-refractivity contribution in [2.75, 3.05) is 13.2 Å². The van der Waals surface area contributed by atoms with Crippen molar-refractivity contribution in [1.29, 1.82) is 0 Å². The lowest BCUT2D eigenvalue weighted by molar-refractivity contribution is 0.172. The summed E-state index contributed by atoms with van der Waals surface area (Å²) in [5.41, 5.74) is 7.85. The van der Waals surface area contributed by atoms with Crippen molar-refractivity contribution in [3.63, 3.8) is 0 Å². The van der Waals surface area contributed by atoms with Gasteiger partial charge in [-0.15, -0.1) is 0 Å². The lowest BCUT2D eigenvalue weighted by atomic mass is 10.2. The van der Waals surface area contributed by atoms with Crippen molar-refractivity contribution < 1.29 is 9.47 Å². The Morgan fingerprint density at radius 1 is 1.20 bits per heavy atom. The number of ether oxygens (including phenoxy) is 2. The normalized spacial score (nSPS) is 13.9. The predicted molar refractivity (Wildman–Crippen MR) is 78.1 cm³/mol. The Morgan fingerprint density at radius 3 is 2.65 bits per heavy atom. The molecule has 0 amide bonds. The first-order chi connectivity index (χ1) is 9.83. The Labute approximate surface area is 118 Å². The van der Waals surface area contributed by atoms with Gasteiger partial charge < -0.3 is 19.8 Å². The molecule has 0 unspecified atom stereocenters. The molecule has 0 fully saturated rings. The molecule has 20 heavy (non-hydrogen) atoms. The summed E-state index contributed by atoms with van der Waals surface area (Å²) in [7, 11) is 0. The van der Waals surface area contributed by atoms with Crippen LogP contribution in [0.4, 0.5) is 0 Å². The van der Waals surface area contributed by atoms with Crippen LogP contribution in [0.5, 0.6) is 11.5 Å². The van der Waals surface area contributed by atoms with E-state index >= 15 is 0 Å². The second kappa shape index (κ2) is 5.71. The Balaban J connectivity index is 2.02. The molecular weight excluding hydrogens is 254 g/mol. The number of aromatic nitrogens is 2. The van der Waals surface area contributed by atoms with E-state index in [0.29, 0.717) is 19.8 Å². The highest BCUT2D eigenvalue weighted by Crippen LogP contribution is 2.34. The fourth-order valence-electron chi connectivity index (χ4n) is 2.64. The predicted octanol–water partition coefficient (Wildman–Crippen LogP) is 2.46. The molecule has 5 nitrogen and oxygen atoms in total. The van der Waals surface area contributed by atoms with Crippen LogP contribution in [0.3, 0.4) is 0 Å². The number of hydrogen-bond acceptors (Lipinski definition) is 4. The number of rotatable bonds is 5. The summed E-state index contributed by atoms with van der Waals surface area (Å²) in [6.07, 6.45) is 3.56. The lowest BCUT2D eigenvalue weighted by Gasteiger charge is -2.18. The summed E-state index contributed by atoms with van der Waals surface area (Å²) in [5, 5.41) is 0. The lowest BCUT2D eigenvalue weighted by Crippen LogP contribution is -2.15. The summed E-state index contributed by atoms with van der Waals surface area (Å²) >= 11 is 0. The van der Waals surface area contributed by atoms with E-state index in [0.717, 1.165) is 41.3 Å². The average molecular weight is 275 g/mol. The topological polar surface area (TPSA) is 62.3 Å². The highest BCUT2D eigenvalue weighted by atomic mass is 16.6. The van der Waals surface area contributed by atoms with Crippen LogP contribution in [0, 0.1) is 0 Å².